The van der Waals surface area contributed by atoms with Crippen molar-refractivity contribution in [2.45, 2.75) is 26.2 Å². The second kappa shape index (κ2) is 5.78. The van der Waals surface area contributed by atoms with Gasteiger partial charge in [-0.2, -0.15) is 0 Å². The van der Waals surface area contributed by atoms with E-state index in [0.717, 1.165) is 18.4 Å². The summed E-state index contributed by atoms with van der Waals surface area (Å²) in [5, 5.41) is 1.96. The van der Waals surface area contributed by atoms with Gasteiger partial charge >= 0.3 is 0 Å². The van der Waals surface area contributed by atoms with Crippen LogP contribution in [0.25, 0.3) is 0 Å². The van der Waals surface area contributed by atoms with E-state index >= 15 is 0 Å². The van der Waals surface area contributed by atoms with Crippen LogP contribution in [0.4, 0.5) is 0 Å². The van der Waals surface area contributed by atoms with Gasteiger partial charge in [0.25, 0.3) is 0 Å². The third-order valence-corrected chi connectivity index (χ3v) is 3.63. The van der Waals surface area contributed by atoms with Crippen molar-refractivity contribution in [1.29, 1.82) is 0 Å². The first kappa shape index (κ1) is 12.1. The summed E-state index contributed by atoms with van der Waals surface area (Å²) < 4.78 is 0. The van der Waals surface area contributed by atoms with Gasteiger partial charge in [0.15, 0.2) is 5.78 Å². The zero-order valence-corrected chi connectivity index (χ0v) is 10.8. The Morgan fingerprint density at radius 2 is 2.00 bits per heavy atom. The zero-order valence-electron chi connectivity index (χ0n) is 9.98. The number of thiophene rings is 1. The van der Waals surface area contributed by atoms with Crippen molar-refractivity contribution in [3.05, 3.63) is 57.8 Å². The second-order valence-corrected chi connectivity index (χ2v) is 5.32. The Bertz CT molecular complexity index is 485. The van der Waals surface area contributed by atoms with Gasteiger partial charge in [0, 0.05) is 22.2 Å². The molecule has 2 heteroatoms. The summed E-state index contributed by atoms with van der Waals surface area (Å²) in [5.74, 6) is 0.269. The number of Topliss-reactive ketones (excluding diaryl/α,β-unsaturated/α-hetero) is 1. The Morgan fingerprint density at radius 3 is 2.65 bits per heavy atom. The summed E-state index contributed by atoms with van der Waals surface area (Å²) in [6.45, 7) is 2.03. The molecule has 2 aromatic rings. The fourth-order valence-corrected chi connectivity index (χ4v) is 2.54. The molecule has 1 heterocycles. The number of benzene rings is 1. The molecule has 0 aliphatic carbocycles. The van der Waals surface area contributed by atoms with Gasteiger partial charge < -0.3 is 0 Å². The number of hydrogen-bond acceptors (Lipinski definition) is 2. The maximum Gasteiger partial charge on any atom is 0.163 e. The average molecular weight is 244 g/mol. The predicted octanol–water partition coefficient (Wildman–Crippen LogP) is 4.26. The summed E-state index contributed by atoms with van der Waals surface area (Å²) in [4.78, 5) is 13.1. The van der Waals surface area contributed by atoms with Crippen LogP contribution in [0.5, 0.6) is 0 Å². The van der Waals surface area contributed by atoms with E-state index in [0.29, 0.717) is 6.42 Å². The minimum Gasteiger partial charge on any atom is -0.294 e. The molecule has 0 N–H and O–H groups in total. The van der Waals surface area contributed by atoms with Crippen molar-refractivity contribution < 1.29 is 4.79 Å². The van der Waals surface area contributed by atoms with Crippen molar-refractivity contribution in [2.24, 2.45) is 0 Å². The lowest BCUT2D eigenvalue weighted by Crippen LogP contribution is -1.98. The molecule has 0 fully saturated rings. The highest BCUT2D eigenvalue weighted by atomic mass is 32.1. The summed E-state index contributed by atoms with van der Waals surface area (Å²) in [5.41, 5.74) is 2.18. The number of carbonyl (C=O) groups is 1. The van der Waals surface area contributed by atoms with Crippen LogP contribution in [-0.4, -0.2) is 5.78 Å². The maximum absolute atomic E-state index is 11.9. The molecule has 0 saturated heterocycles. The summed E-state index contributed by atoms with van der Waals surface area (Å²) in [6, 6.07) is 12.3. The molecule has 0 amide bonds. The average Bonchev–Trinajstić information content (AvgIpc) is 2.77. The van der Waals surface area contributed by atoms with Crippen LogP contribution < -0.4 is 0 Å². The summed E-state index contributed by atoms with van der Waals surface area (Å²) >= 11 is 1.64. The number of ketones is 1. The summed E-state index contributed by atoms with van der Waals surface area (Å²) in [7, 11) is 0. The molecule has 2 rings (SSSR count). The Hall–Kier alpha value is -1.41. The normalized spacial score (nSPS) is 10.4. The van der Waals surface area contributed by atoms with Gasteiger partial charge in [-0.15, -0.1) is 11.3 Å². The largest absolute Gasteiger partial charge is 0.294 e. The number of carbonyl (C=O) groups excluding carboxylic acids is 1. The molecule has 0 unspecified atom stereocenters. The standard InChI is InChI=1S/C15H16OS/c1-12-10-14(11-17-12)15(16)9-5-8-13-6-3-2-4-7-13/h2-4,6-7,10-11H,5,8-9H2,1H3. The Balaban J connectivity index is 1.81. The highest BCUT2D eigenvalue weighted by Crippen LogP contribution is 2.16. The molecule has 1 aromatic carbocycles. The van der Waals surface area contributed by atoms with Gasteiger partial charge in [-0.3, -0.25) is 4.79 Å². The first-order valence-corrected chi connectivity index (χ1v) is 6.76. The van der Waals surface area contributed by atoms with E-state index < -0.39 is 0 Å². The van der Waals surface area contributed by atoms with E-state index in [1.165, 1.54) is 10.4 Å². The number of aryl methyl sites for hydroxylation is 2. The Kier molecular flexibility index (Phi) is 4.10. The molecule has 0 spiro atoms. The van der Waals surface area contributed by atoms with E-state index in [1.807, 2.05) is 36.6 Å². The lowest BCUT2D eigenvalue weighted by Gasteiger charge is -2.00. The van der Waals surface area contributed by atoms with E-state index in [4.69, 9.17) is 0 Å². The van der Waals surface area contributed by atoms with E-state index in [-0.39, 0.29) is 5.78 Å². The minimum absolute atomic E-state index is 0.269. The van der Waals surface area contributed by atoms with Crippen molar-refractivity contribution in [1.82, 2.24) is 0 Å². The first-order valence-electron chi connectivity index (χ1n) is 5.88. The van der Waals surface area contributed by atoms with Gasteiger partial charge in [-0.05, 0) is 31.4 Å². The first-order chi connectivity index (χ1) is 8.25. The highest BCUT2D eigenvalue weighted by Gasteiger charge is 2.07. The molecule has 17 heavy (non-hydrogen) atoms. The Morgan fingerprint density at radius 1 is 1.24 bits per heavy atom. The molecule has 0 aliphatic heterocycles. The third kappa shape index (κ3) is 3.53. The number of hydrogen-bond donors (Lipinski definition) is 0. The van der Waals surface area contributed by atoms with E-state index in [9.17, 15) is 4.79 Å². The topological polar surface area (TPSA) is 17.1 Å². The highest BCUT2D eigenvalue weighted by molar-refractivity contribution is 7.10. The lowest BCUT2D eigenvalue weighted by molar-refractivity contribution is 0.0980. The van der Waals surface area contributed by atoms with Crippen LogP contribution in [0.2, 0.25) is 0 Å². The van der Waals surface area contributed by atoms with Gasteiger partial charge in [-0.1, -0.05) is 30.3 Å². The molecule has 0 atom stereocenters. The van der Waals surface area contributed by atoms with Crippen molar-refractivity contribution in [3.8, 4) is 0 Å². The fraction of sp³-hybridized carbons (Fsp3) is 0.267. The monoisotopic (exact) mass is 244 g/mol. The van der Waals surface area contributed by atoms with Crippen LogP contribution in [0.1, 0.15) is 33.6 Å². The predicted molar refractivity (Wildman–Crippen MR) is 72.8 cm³/mol. The summed E-state index contributed by atoms with van der Waals surface area (Å²) in [6.07, 6.45) is 2.55. The molecular weight excluding hydrogens is 228 g/mol. The molecule has 0 aliphatic rings. The molecule has 0 radical (unpaired) electrons. The maximum atomic E-state index is 11.9. The molecule has 1 aromatic heterocycles. The van der Waals surface area contributed by atoms with Gasteiger partial charge in [-0.25, -0.2) is 0 Å². The van der Waals surface area contributed by atoms with Crippen LogP contribution >= 0.6 is 11.3 Å². The van der Waals surface area contributed by atoms with Crippen molar-refractivity contribution in [2.75, 3.05) is 0 Å². The quantitative estimate of drug-likeness (QED) is 0.718. The number of rotatable bonds is 5. The molecule has 0 saturated carbocycles. The van der Waals surface area contributed by atoms with Crippen molar-refractivity contribution >= 4 is 17.1 Å². The minimum atomic E-state index is 0.269. The van der Waals surface area contributed by atoms with Crippen LogP contribution in [0.15, 0.2) is 41.8 Å². The van der Waals surface area contributed by atoms with E-state index in [1.54, 1.807) is 11.3 Å². The second-order valence-electron chi connectivity index (χ2n) is 4.21. The Labute approximate surface area is 106 Å². The van der Waals surface area contributed by atoms with Gasteiger partial charge in [0.05, 0.1) is 0 Å². The SMILES string of the molecule is Cc1cc(C(=O)CCCc2ccccc2)cs1. The molecule has 88 valence electrons. The smallest absolute Gasteiger partial charge is 0.163 e. The fourth-order valence-electron chi connectivity index (χ4n) is 1.83. The van der Waals surface area contributed by atoms with E-state index in [2.05, 4.69) is 12.1 Å². The zero-order chi connectivity index (χ0) is 12.1. The van der Waals surface area contributed by atoms with Crippen LogP contribution in [0.3, 0.4) is 0 Å². The third-order valence-electron chi connectivity index (χ3n) is 2.76. The molecular formula is C15H16OS. The van der Waals surface area contributed by atoms with Gasteiger partial charge in [0.1, 0.15) is 0 Å². The van der Waals surface area contributed by atoms with Crippen molar-refractivity contribution in [3.63, 3.8) is 0 Å². The van der Waals surface area contributed by atoms with Crippen LogP contribution in [0, 0.1) is 6.92 Å². The lowest BCUT2D eigenvalue weighted by atomic mass is 10.0. The molecule has 0 bridgehead atoms. The molecule has 1 nitrogen and oxygen atoms in total. The van der Waals surface area contributed by atoms with Gasteiger partial charge in [0.2, 0.25) is 0 Å². The van der Waals surface area contributed by atoms with Crippen LogP contribution in [-0.2, 0) is 6.42 Å².